The fourth-order valence-corrected chi connectivity index (χ4v) is 2.37. The Morgan fingerprint density at radius 2 is 2.12 bits per heavy atom. The molecular formula is C13H22N4. The largest absolute Gasteiger partial charge is 0.356 e. The first-order valence-corrected chi connectivity index (χ1v) is 6.27. The van der Waals surface area contributed by atoms with Crippen LogP contribution in [0.25, 0.3) is 0 Å². The number of nitrogens with two attached hydrogens (primary N) is 1. The van der Waals surface area contributed by atoms with Gasteiger partial charge in [0.1, 0.15) is 5.82 Å². The van der Waals surface area contributed by atoms with Crippen molar-refractivity contribution < 1.29 is 0 Å². The maximum Gasteiger partial charge on any atom is 0.128 e. The fraction of sp³-hybridized carbons (Fsp3) is 0.615. The quantitative estimate of drug-likeness (QED) is 0.850. The van der Waals surface area contributed by atoms with E-state index < -0.39 is 0 Å². The Balaban J connectivity index is 2.00. The van der Waals surface area contributed by atoms with Gasteiger partial charge >= 0.3 is 0 Å². The lowest BCUT2D eigenvalue weighted by molar-refractivity contribution is 0.249. The molecule has 0 atom stereocenters. The molecule has 0 spiro atoms. The second kappa shape index (κ2) is 5.47. The van der Waals surface area contributed by atoms with Gasteiger partial charge in [0.25, 0.3) is 0 Å². The zero-order valence-electron chi connectivity index (χ0n) is 10.8. The monoisotopic (exact) mass is 234 g/mol. The van der Waals surface area contributed by atoms with Gasteiger partial charge in [0.05, 0.1) is 0 Å². The molecule has 1 aliphatic heterocycles. The van der Waals surface area contributed by atoms with Crippen LogP contribution >= 0.6 is 0 Å². The minimum absolute atomic E-state index is 0.587. The van der Waals surface area contributed by atoms with Gasteiger partial charge in [-0.15, -0.1) is 0 Å². The maximum absolute atomic E-state index is 5.66. The predicted octanol–water partition coefficient (Wildman–Crippen LogP) is 1.07. The van der Waals surface area contributed by atoms with Gasteiger partial charge in [-0.25, -0.2) is 4.98 Å². The summed E-state index contributed by atoms with van der Waals surface area (Å²) in [6, 6.07) is 4.80. The predicted molar refractivity (Wildman–Crippen MR) is 71.1 cm³/mol. The van der Waals surface area contributed by atoms with E-state index in [-0.39, 0.29) is 0 Å². The van der Waals surface area contributed by atoms with Crippen LogP contribution in [0, 0.1) is 0 Å². The Bertz CT molecular complexity index is 356. The van der Waals surface area contributed by atoms with E-state index in [0.29, 0.717) is 12.6 Å². The molecule has 0 saturated carbocycles. The zero-order valence-corrected chi connectivity index (χ0v) is 10.8. The second-order valence-electron chi connectivity index (χ2n) is 4.91. The molecule has 0 aliphatic carbocycles. The molecule has 0 aromatic carbocycles. The van der Waals surface area contributed by atoms with Crippen molar-refractivity contribution in [3.63, 3.8) is 0 Å². The van der Waals surface area contributed by atoms with Crippen LogP contribution in [0.4, 0.5) is 5.82 Å². The normalized spacial score (nSPS) is 17.8. The summed E-state index contributed by atoms with van der Waals surface area (Å²) in [6.45, 7) is 2.76. The lowest BCUT2D eigenvalue weighted by atomic mass is 10.0. The molecule has 1 fully saturated rings. The van der Waals surface area contributed by atoms with Crippen LogP contribution in [0.3, 0.4) is 0 Å². The van der Waals surface area contributed by atoms with Crippen molar-refractivity contribution in [2.45, 2.75) is 25.4 Å². The van der Waals surface area contributed by atoms with E-state index in [1.54, 1.807) is 0 Å². The Morgan fingerprint density at radius 1 is 1.41 bits per heavy atom. The lowest BCUT2D eigenvalue weighted by Gasteiger charge is -2.35. The van der Waals surface area contributed by atoms with E-state index in [9.17, 15) is 0 Å². The van der Waals surface area contributed by atoms with Gasteiger partial charge in [-0.2, -0.15) is 0 Å². The number of hydrogen-bond acceptors (Lipinski definition) is 4. The molecule has 4 nitrogen and oxygen atoms in total. The van der Waals surface area contributed by atoms with Gasteiger partial charge in [-0.1, -0.05) is 0 Å². The number of rotatable bonds is 3. The van der Waals surface area contributed by atoms with Gasteiger partial charge in [0.2, 0.25) is 0 Å². The van der Waals surface area contributed by atoms with Crippen molar-refractivity contribution >= 4 is 5.82 Å². The highest BCUT2D eigenvalue weighted by atomic mass is 15.2. The van der Waals surface area contributed by atoms with E-state index >= 15 is 0 Å². The summed E-state index contributed by atoms with van der Waals surface area (Å²) < 4.78 is 0. The van der Waals surface area contributed by atoms with Crippen molar-refractivity contribution in [1.29, 1.82) is 0 Å². The zero-order chi connectivity index (χ0) is 12.3. The average molecular weight is 234 g/mol. The topological polar surface area (TPSA) is 45.4 Å². The number of hydrogen-bond donors (Lipinski definition) is 1. The minimum Gasteiger partial charge on any atom is -0.356 e. The molecule has 0 unspecified atom stereocenters. The number of nitrogens with zero attached hydrogens (tertiary/aromatic N) is 3. The summed E-state index contributed by atoms with van der Waals surface area (Å²) in [6.07, 6.45) is 4.28. The van der Waals surface area contributed by atoms with Crippen molar-refractivity contribution in [1.82, 2.24) is 9.88 Å². The summed E-state index contributed by atoms with van der Waals surface area (Å²) in [5.41, 5.74) is 6.81. The third-order valence-electron chi connectivity index (χ3n) is 3.56. The minimum atomic E-state index is 0.587. The molecule has 1 aromatic heterocycles. The van der Waals surface area contributed by atoms with Crippen molar-refractivity contribution in [3.05, 3.63) is 23.9 Å². The van der Waals surface area contributed by atoms with E-state index in [0.717, 1.165) is 24.5 Å². The molecule has 0 radical (unpaired) electrons. The fourth-order valence-electron chi connectivity index (χ4n) is 2.37. The maximum atomic E-state index is 5.66. The number of aromatic nitrogens is 1. The molecule has 1 aromatic rings. The van der Waals surface area contributed by atoms with E-state index in [2.05, 4.69) is 34.9 Å². The highest BCUT2D eigenvalue weighted by molar-refractivity contribution is 5.41. The number of pyridine rings is 1. The molecule has 0 amide bonds. The van der Waals surface area contributed by atoms with E-state index in [4.69, 9.17) is 5.73 Å². The molecule has 1 aliphatic rings. The van der Waals surface area contributed by atoms with Gasteiger partial charge in [-0.05, 0) is 44.6 Å². The lowest BCUT2D eigenvalue weighted by Crippen LogP contribution is -2.42. The first kappa shape index (κ1) is 12.3. The highest BCUT2D eigenvalue weighted by Crippen LogP contribution is 2.20. The van der Waals surface area contributed by atoms with Crippen LogP contribution in [0.15, 0.2) is 18.3 Å². The molecule has 94 valence electrons. The highest BCUT2D eigenvalue weighted by Gasteiger charge is 2.21. The van der Waals surface area contributed by atoms with Gasteiger partial charge in [0, 0.05) is 31.9 Å². The molecule has 4 heteroatoms. The molecule has 2 heterocycles. The third kappa shape index (κ3) is 2.96. The molecule has 0 bridgehead atoms. The van der Waals surface area contributed by atoms with E-state index in [1.165, 1.54) is 12.8 Å². The molecule has 2 rings (SSSR count). The van der Waals surface area contributed by atoms with Crippen LogP contribution in [0.2, 0.25) is 0 Å². The van der Waals surface area contributed by atoms with Crippen molar-refractivity contribution in [2.75, 3.05) is 32.1 Å². The summed E-state index contributed by atoms with van der Waals surface area (Å²) in [4.78, 5) is 9.12. The third-order valence-corrected chi connectivity index (χ3v) is 3.56. The van der Waals surface area contributed by atoms with Crippen molar-refractivity contribution in [3.8, 4) is 0 Å². The van der Waals surface area contributed by atoms with Gasteiger partial charge in [-0.3, -0.25) is 0 Å². The first-order valence-electron chi connectivity index (χ1n) is 6.27. The Labute approximate surface area is 103 Å². The average Bonchev–Trinajstić information content (AvgIpc) is 2.39. The van der Waals surface area contributed by atoms with Gasteiger partial charge < -0.3 is 15.5 Å². The standard InChI is InChI=1S/C13H22N4/c1-16(2)12-4-7-17(8-5-12)13-9-11(10-14)3-6-15-13/h3,6,9,12H,4-5,7-8,10,14H2,1-2H3. The molecular weight excluding hydrogens is 212 g/mol. The van der Waals surface area contributed by atoms with Crippen LogP contribution in [-0.4, -0.2) is 43.1 Å². The Hall–Kier alpha value is -1.13. The number of anilines is 1. The van der Waals surface area contributed by atoms with Crippen LogP contribution < -0.4 is 10.6 Å². The second-order valence-corrected chi connectivity index (χ2v) is 4.91. The van der Waals surface area contributed by atoms with Crippen LogP contribution in [0.1, 0.15) is 18.4 Å². The Kier molecular flexibility index (Phi) is 3.97. The van der Waals surface area contributed by atoms with E-state index in [1.807, 2.05) is 12.3 Å². The summed E-state index contributed by atoms with van der Waals surface area (Å²) in [5.74, 6) is 1.07. The molecule has 2 N–H and O–H groups in total. The SMILES string of the molecule is CN(C)C1CCN(c2cc(CN)ccn2)CC1. The van der Waals surface area contributed by atoms with Gasteiger partial charge in [0.15, 0.2) is 0 Å². The Morgan fingerprint density at radius 3 is 2.71 bits per heavy atom. The van der Waals surface area contributed by atoms with Crippen LogP contribution in [0.5, 0.6) is 0 Å². The first-order chi connectivity index (χ1) is 8.20. The smallest absolute Gasteiger partial charge is 0.128 e. The summed E-state index contributed by atoms with van der Waals surface area (Å²) in [5, 5.41) is 0. The summed E-state index contributed by atoms with van der Waals surface area (Å²) >= 11 is 0. The summed E-state index contributed by atoms with van der Waals surface area (Å²) in [7, 11) is 4.32. The van der Waals surface area contributed by atoms with Crippen LogP contribution in [-0.2, 0) is 6.54 Å². The van der Waals surface area contributed by atoms with Crippen molar-refractivity contribution in [2.24, 2.45) is 5.73 Å². The molecule has 1 saturated heterocycles. The number of piperidine rings is 1. The molecule has 17 heavy (non-hydrogen) atoms.